The Hall–Kier alpha value is -1.11. The number of aromatic nitrogens is 2. The zero-order chi connectivity index (χ0) is 14.5. The average Bonchev–Trinajstić information content (AvgIpc) is 2.66. The van der Waals surface area contributed by atoms with Gasteiger partial charge in [0.2, 0.25) is 5.91 Å². The summed E-state index contributed by atoms with van der Waals surface area (Å²) in [5.41, 5.74) is 3.44. The molecule has 0 aromatic carbocycles. The lowest BCUT2D eigenvalue weighted by Crippen LogP contribution is -2.44. The fourth-order valence-corrected chi connectivity index (χ4v) is 2.55. The minimum atomic E-state index is 0. The van der Waals surface area contributed by atoms with Crippen molar-refractivity contribution in [1.82, 2.24) is 20.4 Å². The Morgan fingerprint density at radius 3 is 2.86 bits per heavy atom. The monoisotopic (exact) mass is 316 g/mol. The number of morpholine rings is 1. The second-order valence-corrected chi connectivity index (χ2v) is 5.30. The van der Waals surface area contributed by atoms with Gasteiger partial charge in [-0.05, 0) is 25.8 Å². The van der Waals surface area contributed by atoms with E-state index in [1.807, 2.05) is 18.7 Å². The van der Waals surface area contributed by atoms with Crippen molar-refractivity contribution in [3.05, 3.63) is 17.0 Å². The van der Waals surface area contributed by atoms with Gasteiger partial charge in [0.15, 0.2) is 0 Å². The number of carbonyl (C=O) groups is 1. The number of aryl methyl sites for hydroxylation is 2. The molecule has 2 N–H and O–H groups in total. The highest BCUT2D eigenvalue weighted by atomic mass is 35.5. The van der Waals surface area contributed by atoms with Crippen LogP contribution in [0.3, 0.4) is 0 Å². The van der Waals surface area contributed by atoms with Crippen LogP contribution < -0.4 is 10.6 Å². The summed E-state index contributed by atoms with van der Waals surface area (Å²) >= 11 is 0. The van der Waals surface area contributed by atoms with Crippen molar-refractivity contribution < 1.29 is 9.53 Å². The molecule has 1 atom stereocenters. The molecular formula is C14H25ClN4O2. The second-order valence-electron chi connectivity index (χ2n) is 5.30. The summed E-state index contributed by atoms with van der Waals surface area (Å²) in [5, 5.41) is 10.6. The van der Waals surface area contributed by atoms with Gasteiger partial charge in [0.1, 0.15) is 0 Å². The molecule has 120 valence electrons. The maximum Gasteiger partial charge on any atom is 0.221 e. The first-order chi connectivity index (χ1) is 9.58. The molecule has 1 aliphatic rings. The van der Waals surface area contributed by atoms with Crippen molar-refractivity contribution in [3.63, 3.8) is 0 Å². The minimum absolute atomic E-state index is 0. The van der Waals surface area contributed by atoms with Crippen LogP contribution in [-0.4, -0.2) is 48.0 Å². The van der Waals surface area contributed by atoms with Crippen LogP contribution in [0.4, 0.5) is 0 Å². The number of ether oxygens (including phenoxy) is 1. The Bertz CT molecular complexity index is 470. The van der Waals surface area contributed by atoms with Gasteiger partial charge >= 0.3 is 0 Å². The third-order valence-corrected chi connectivity index (χ3v) is 3.79. The molecule has 0 spiro atoms. The lowest BCUT2D eigenvalue weighted by molar-refractivity contribution is -0.122. The fraction of sp³-hybridized carbons (Fsp3) is 0.714. The van der Waals surface area contributed by atoms with E-state index in [9.17, 15) is 4.79 Å². The van der Waals surface area contributed by atoms with Crippen molar-refractivity contribution in [2.24, 2.45) is 7.05 Å². The van der Waals surface area contributed by atoms with E-state index in [0.29, 0.717) is 19.6 Å². The van der Waals surface area contributed by atoms with Gasteiger partial charge in [-0.2, -0.15) is 5.10 Å². The lowest BCUT2D eigenvalue weighted by Gasteiger charge is -2.23. The molecule has 1 saturated heterocycles. The number of halogens is 1. The lowest BCUT2D eigenvalue weighted by atomic mass is 10.1. The van der Waals surface area contributed by atoms with Crippen LogP contribution in [0.25, 0.3) is 0 Å². The van der Waals surface area contributed by atoms with E-state index in [1.54, 1.807) is 0 Å². The average molecular weight is 317 g/mol. The summed E-state index contributed by atoms with van der Waals surface area (Å²) in [6.45, 7) is 6.89. The molecule has 2 heterocycles. The Morgan fingerprint density at radius 1 is 1.52 bits per heavy atom. The molecular weight excluding hydrogens is 292 g/mol. The zero-order valence-corrected chi connectivity index (χ0v) is 13.8. The van der Waals surface area contributed by atoms with E-state index >= 15 is 0 Å². The molecule has 1 aliphatic heterocycles. The van der Waals surface area contributed by atoms with Gasteiger partial charge in [-0.25, -0.2) is 0 Å². The van der Waals surface area contributed by atoms with Gasteiger partial charge in [-0.3, -0.25) is 9.48 Å². The summed E-state index contributed by atoms with van der Waals surface area (Å²) in [5.74, 6) is 0.0761. The number of nitrogens with one attached hydrogen (secondary N) is 2. The summed E-state index contributed by atoms with van der Waals surface area (Å²) in [4.78, 5) is 11.8. The Balaban J connectivity index is 0.00000220. The van der Waals surface area contributed by atoms with Gasteiger partial charge in [0.25, 0.3) is 0 Å². The third-order valence-electron chi connectivity index (χ3n) is 3.79. The largest absolute Gasteiger partial charge is 0.378 e. The molecule has 1 aromatic heterocycles. The number of hydrogen-bond donors (Lipinski definition) is 2. The molecule has 21 heavy (non-hydrogen) atoms. The van der Waals surface area contributed by atoms with Crippen LogP contribution in [-0.2, 0) is 23.0 Å². The predicted molar refractivity (Wildman–Crippen MR) is 83.9 cm³/mol. The Morgan fingerprint density at radius 2 is 2.29 bits per heavy atom. The standard InChI is InChI=1S/C14H24N4O2.ClH/c1-10-13(11(2)18(3)17-10)4-5-16-14(19)8-12-9-20-7-6-15-12;/h12,15H,4-9H2,1-3H3,(H,16,19);1H. The SMILES string of the molecule is Cc1nn(C)c(C)c1CCNC(=O)CC1COCCN1.Cl. The summed E-state index contributed by atoms with van der Waals surface area (Å²) in [6.07, 6.45) is 1.30. The maximum absolute atomic E-state index is 11.8. The third kappa shape index (κ3) is 4.98. The van der Waals surface area contributed by atoms with E-state index in [-0.39, 0.29) is 24.4 Å². The van der Waals surface area contributed by atoms with Gasteiger partial charge in [-0.15, -0.1) is 12.4 Å². The molecule has 0 bridgehead atoms. The van der Waals surface area contributed by atoms with Crippen molar-refractivity contribution in [1.29, 1.82) is 0 Å². The topological polar surface area (TPSA) is 68.2 Å². The molecule has 1 fully saturated rings. The molecule has 7 heteroatoms. The molecule has 6 nitrogen and oxygen atoms in total. The molecule has 1 amide bonds. The molecule has 1 unspecified atom stereocenters. The summed E-state index contributed by atoms with van der Waals surface area (Å²) in [7, 11) is 1.94. The van der Waals surface area contributed by atoms with Crippen LogP contribution >= 0.6 is 12.4 Å². The number of hydrogen-bond acceptors (Lipinski definition) is 4. The number of carbonyl (C=O) groups excluding carboxylic acids is 1. The first kappa shape index (κ1) is 17.9. The summed E-state index contributed by atoms with van der Waals surface area (Å²) in [6, 6.07) is 0.144. The molecule has 1 aromatic rings. The number of amides is 1. The first-order valence-corrected chi connectivity index (χ1v) is 7.15. The Labute approximate surface area is 132 Å². The maximum atomic E-state index is 11.8. The van der Waals surface area contributed by atoms with Gasteiger partial charge < -0.3 is 15.4 Å². The minimum Gasteiger partial charge on any atom is -0.378 e. The van der Waals surface area contributed by atoms with E-state index in [0.717, 1.165) is 25.3 Å². The Kier molecular flexibility index (Phi) is 7.14. The van der Waals surface area contributed by atoms with Crippen molar-refractivity contribution in [2.45, 2.75) is 32.7 Å². The second kappa shape index (κ2) is 8.36. The first-order valence-electron chi connectivity index (χ1n) is 7.15. The normalized spacial score (nSPS) is 18.1. The zero-order valence-electron chi connectivity index (χ0n) is 12.9. The van der Waals surface area contributed by atoms with Crippen LogP contribution in [0, 0.1) is 13.8 Å². The number of rotatable bonds is 5. The van der Waals surface area contributed by atoms with Crippen molar-refractivity contribution in [3.8, 4) is 0 Å². The van der Waals surface area contributed by atoms with E-state index in [4.69, 9.17) is 4.74 Å². The fourth-order valence-electron chi connectivity index (χ4n) is 2.55. The number of nitrogens with zero attached hydrogens (tertiary/aromatic N) is 2. The van der Waals surface area contributed by atoms with Gasteiger partial charge in [0.05, 0.1) is 18.9 Å². The van der Waals surface area contributed by atoms with Gasteiger partial charge in [0, 0.05) is 38.3 Å². The predicted octanol–water partition coefficient (Wildman–Crippen LogP) is 0.496. The quantitative estimate of drug-likeness (QED) is 0.830. The van der Waals surface area contributed by atoms with Crippen molar-refractivity contribution >= 4 is 18.3 Å². The van der Waals surface area contributed by atoms with E-state index in [1.165, 1.54) is 11.3 Å². The van der Waals surface area contributed by atoms with Crippen LogP contribution in [0.5, 0.6) is 0 Å². The smallest absolute Gasteiger partial charge is 0.221 e. The molecule has 0 radical (unpaired) electrons. The van der Waals surface area contributed by atoms with E-state index in [2.05, 4.69) is 22.7 Å². The highest BCUT2D eigenvalue weighted by Gasteiger charge is 2.16. The van der Waals surface area contributed by atoms with Crippen molar-refractivity contribution in [2.75, 3.05) is 26.3 Å². The molecule has 0 saturated carbocycles. The van der Waals surface area contributed by atoms with E-state index < -0.39 is 0 Å². The highest BCUT2D eigenvalue weighted by Crippen LogP contribution is 2.11. The highest BCUT2D eigenvalue weighted by molar-refractivity contribution is 5.85. The van der Waals surface area contributed by atoms with Crippen LogP contribution in [0.1, 0.15) is 23.4 Å². The van der Waals surface area contributed by atoms with Gasteiger partial charge in [-0.1, -0.05) is 0 Å². The van der Waals surface area contributed by atoms with Crippen LogP contribution in [0.2, 0.25) is 0 Å². The molecule has 2 rings (SSSR count). The molecule has 0 aliphatic carbocycles. The van der Waals surface area contributed by atoms with Crippen LogP contribution in [0.15, 0.2) is 0 Å². The summed E-state index contributed by atoms with van der Waals surface area (Å²) < 4.78 is 7.22.